The van der Waals surface area contributed by atoms with Gasteiger partial charge in [-0.25, -0.2) is 13.2 Å². The summed E-state index contributed by atoms with van der Waals surface area (Å²) >= 11 is 0. The van der Waals surface area contributed by atoms with E-state index in [1.807, 2.05) is 30.3 Å². The Morgan fingerprint density at radius 3 is 2.38 bits per heavy atom. The summed E-state index contributed by atoms with van der Waals surface area (Å²) in [6, 6.07) is 9.21. The summed E-state index contributed by atoms with van der Waals surface area (Å²) in [5.41, 5.74) is 5.75. The van der Waals surface area contributed by atoms with Crippen molar-refractivity contribution in [3.05, 3.63) is 56.7 Å². The Bertz CT molecular complexity index is 946. The predicted octanol–water partition coefficient (Wildman–Crippen LogP) is -0.366. The highest BCUT2D eigenvalue weighted by Gasteiger charge is 2.15. The number of hydrogen-bond acceptors (Lipinski definition) is 6. The molecule has 3 N–H and O–H groups in total. The molecular formula is C15H20N4O4S. The third-order valence-corrected chi connectivity index (χ3v) is 4.49. The lowest BCUT2D eigenvalue weighted by molar-refractivity contribution is 0.602. The zero-order chi connectivity index (χ0) is 17.9. The molecule has 2 aromatic rings. The highest BCUT2D eigenvalue weighted by molar-refractivity contribution is 7.90. The van der Waals surface area contributed by atoms with Gasteiger partial charge in [-0.05, 0) is 5.56 Å². The molecule has 130 valence electrons. The monoisotopic (exact) mass is 352 g/mol. The molecule has 0 aliphatic carbocycles. The quantitative estimate of drug-likeness (QED) is 0.733. The molecule has 8 nitrogen and oxygen atoms in total. The third-order valence-electron chi connectivity index (χ3n) is 3.54. The molecule has 0 spiro atoms. The van der Waals surface area contributed by atoms with Crippen LogP contribution in [0.4, 0.5) is 11.5 Å². The molecule has 9 heteroatoms. The van der Waals surface area contributed by atoms with Crippen LogP contribution in [-0.4, -0.2) is 36.1 Å². The Balaban J connectivity index is 2.41. The molecule has 0 atom stereocenters. The Hall–Kier alpha value is -2.55. The molecule has 24 heavy (non-hydrogen) atoms. The summed E-state index contributed by atoms with van der Waals surface area (Å²) < 4.78 is 24.6. The molecule has 0 unspecified atom stereocenters. The molecule has 0 amide bonds. The van der Waals surface area contributed by atoms with E-state index in [2.05, 4.69) is 5.32 Å². The lowest BCUT2D eigenvalue weighted by Crippen LogP contribution is -2.41. The average Bonchev–Trinajstić information content (AvgIpc) is 2.53. The van der Waals surface area contributed by atoms with Gasteiger partial charge in [0.2, 0.25) is 0 Å². The molecule has 0 aliphatic rings. The Morgan fingerprint density at radius 2 is 1.79 bits per heavy atom. The van der Waals surface area contributed by atoms with Gasteiger partial charge in [0.15, 0.2) is 0 Å². The second kappa shape index (κ2) is 6.91. The van der Waals surface area contributed by atoms with E-state index in [1.165, 1.54) is 11.6 Å². The molecule has 0 saturated heterocycles. The van der Waals surface area contributed by atoms with Gasteiger partial charge in [0.05, 0.1) is 12.3 Å². The van der Waals surface area contributed by atoms with Crippen LogP contribution in [0.15, 0.2) is 39.9 Å². The number of aromatic nitrogens is 2. The minimum atomic E-state index is -3.18. The maximum absolute atomic E-state index is 12.3. The standard InChI is InChI=1S/C15H20N4O4S/c1-18-14(20)12(17-8-9-24(2,22)23)13(16)19(15(18)21)10-11-6-4-3-5-7-11/h3-7,17H,8-10,16H2,1-2H3. The van der Waals surface area contributed by atoms with Gasteiger partial charge >= 0.3 is 5.69 Å². The van der Waals surface area contributed by atoms with E-state index >= 15 is 0 Å². The van der Waals surface area contributed by atoms with Crippen molar-refractivity contribution in [2.24, 2.45) is 7.05 Å². The first-order valence-electron chi connectivity index (χ1n) is 7.25. The first-order chi connectivity index (χ1) is 11.2. The fourth-order valence-electron chi connectivity index (χ4n) is 2.23. The zero-order valence-corrected chi connectivity index (χ0v) is 14.3. The Labute approximate surface area is 139 Å². The first-order valence-corrected chi connectivity index (χ1v) is 9.31. The maximum atomic E-state index is 12.3. The van der Waals surface area contributed by atoms with Crippen LogP contribution in [0.5, 0.6) is 0 Å². The minimum absolute atomic E-state index is 0.0135. The molecule has 0 bridgehead atoms. The fraction of sp³-hybridized carbons (Fsp3) is 0.333. The Morgan fingerprint density at radius 1 is 1.17 bits per heavy atom. The largest absolute Gasteiger partial charge is 0.383 e. The van der Waals surface area contributed by atoms with Gasteiger partial charge in [0.1, 0.15) is 21.3 Å². The van der Waals surface area contributed by atoms with Gasteiger partial charge in [0.25, 0.3) is 5.56 Å². The smallest absolute Gasteiger partial charge is 0.332 e. The molecule has 0 saturated carbocycles. The van der Waals surface area contributed by atoms with Crippen LogP contribution in [0.3, 0.4) is 0 Å². The van der Waals surface area contributed by atoms with E-state index in [4.69, 9.17) is 5.73 Å². The van der Waals surface area contributed by atoms with Crippen LogP contribution in [0.1, 0.15) is 5.56 Å². The molecule has 1 heterocycles. The number of nitrogens with zero attached hydrogens (tertiary/aromatic N) is 2. The van der Waals surface area contributed by atoms with Crippen LogP contribution in [0.2, 0.25) is 0 Å². The number of sulfone groups is 1. The number of benzene rings is 1. The molecule has 1 aromatic heterocycles. The van der Waals surface area contributed by atoms with Crippen molar-refractivity contribution in [2.45, 2.75) is 6.54 Å². The molecule has 0 aliphatic heterocycles. The van der Waals surface area contributed by atoms with E-state index in [1.54, 1.807) is 0 Å². The molecular weight excluding hydrogens is 332 g/mol. The number of nitrogens with two attached hydrogens (primary N) is 1. The second-order valence-electron chi connectivity index (χ2n) is 5.54. The van der Waals surface area contributed by atoms with Crippen LogP contribution in [0.25, 0.3) is 0 Å². The van der Waals surface area contributed by atoms with Crippen molar-refractivity contribution in [3.8, 4) is 0 Å². The average molecular weight is 352 g/mol. The predicted molar refractivity (Wildman–Crippen MR) is 94.1 cm³/mol. The Kier molecular flexibility index (Phi) is 5.13. The van der Waals surface area contributed by atoms with Crippen LogP contribution < -0.4 is 22.3 Å². The van der Waals surface area contributed by atoms with E-state index in [0.717, 1.165) is 16.4 Å². The first kappa shape index (κ1) is 17.8. The third kappa shape index (κ3) is 4.05. The normalized spacial score (nSPS) is 11.4. The van der Waals surface area contributed by atoms with Gasteiger partial charge in [-0.1, -0.05) is 30.3 Å². The summed E-state index contributed by atoms with van der Waals surface area (Å²) in [7, 11) is -1.82. The highest BCUT2D eigenvalue weighted by atomic mass is 32.2. The van der Waals surface area contributed by atoms with Gasteiger partial charge in [0, 0.05) is 19.8 Å². The number of nitrogen functional groups attached to an aromatic ring is 1. The van der Waals surface area contributed by atoms with Crippen LogP contribution in [-0.2, 0) is 23.4 Å². The molecule has 0 radical (unpaired) electrons. The summed E-state index contributed by atoms with van der Waals surface area (Å²) in [5, 5.41) is 2.73. The molecule has 2 rings (SSSR count). The van der Waals surface area contributed by atoms with Crippen LogP contribution in [0, 0.1) is 0 Å². The lowest BCUT2D eigenvalue weighted by atomic mass is 10.2. The van der Waals surface area contributed by atoms with E-state index in [0.29, 0.717) is 0 Å². The van der Waals surface area contributed by atoms with Crippen LogP contribution >= 0.6 is 0 Å². The summed E-state index contributed by atoms with van der Waals surface area (Å²) in [6.45, 7) is 0.238. The lowest BCUT2D eigenvalue weighted by Gasteiger charge is -2.16. The van der Waals surface area contributed by atoms with Crippen molar-refractivity contribution in [2.75, 3.05) is 29.6 Å². The zero-order valence-electron chi connectivity index (χ0n) is 13.5. The number of rotatable bonds is 6. The van der Waals surface area contributed by atoms with Gasteiger partial charge < -0.3 is 11.1 Å². The maximum Gasteiger partial charge on any atom is 0.332 e. The van der Waals surface area contributed by atoms with Crippen molar-refractivity contribution in [3.63, 3.8) is 0 Å². The second-order valence-corrected chi connectivity index (χ2v) is 7.80. The van der Waals surface area contributed by atoms with Crippen molar-refractivity contribution in [1.82, 2.24) is 9.13 Å². The molecule has 1 aromatic carbocycles. The van der Waals surface area contributed by atoms with Gasteiger partial charge in [-0.15, -0.1) is 0 Å². The number of nitrogens with one attached hydrogen (secondary N) is 1. The fourth-order valence-corrected chi connectivity index (χ4v) is 2.70. The van der Waals surface area contributed by atoms with Gasteiger partial charge in [-0.2, -0.15) is 0 Å². The van der Waals surface area contributed by atoms with Crippen molar-refractivity contribution < 1.29 is 8.42 Å². The van der Waals surface area contributed by atoms with Crippen molar-refractivity contribution in [1.29, 1.82) is 0 Å². The number of anilines is 2. The topological polar surface area (TPSA) is 116 Å². The summed E-state index contributed by atoms with van der Waals surface area (Å²) in [6.07, 6.45) is 1.10. The highest BCUT2D eigenvalue weighted by Crippen LogP contribution is 2.12. The SMILES string of the molecule is Cn1c(=O)c(NCCS(C)(=O)=O)c(N)n(Cc2ccccc2)c1=O. The van der Waals surface area contributed by atoms with E-state index in [-0.39, 0.29) is 30.3 Å². The van der Waals surface area contributed by atoms with Gasteiger partial charge in [-0.3, -0.25) is 13.9 Å². The van der Waals surface area contributed by atoms with E-state index in [9.17, 15) is 18.0 Å². The summed E-state index contributed by atoms with van der Waals surface area (Å²) in [5.74, 6) is -0.159. The molecule has 0 fully saturated rings. The van der Waals surface area contributed by atoms with Crippen molar-refractivity contribution >= 4 is 21.3 Å². The number of hydrogen-bond donors (Lipinski definition) is 2. The summed E-state index contributed by atoms with van der Waals surface area (Å²) in [4.78, 5) is 24.6. The minimum Gasteiger partial charge on any atom is -0.383 e. The van der Waals surface area contributed by atoms with E-state index < -0.39 is 21.1 Å².